The third kappa shape index (κ3) is 5.72. The molecular formula is C22H26ClN3O6S3. The molecule has 9 nitrogen and oxygen atoms in total. The maximum absolute atomic E-state index is 13.1. The summed E-state index contributed by atoms with van der Waals surface area (Å²) >= 11 is 8.27. The van der Waals surface area contributed by atoms with Crippen LogP contribution in [0.25, 0.3) is 0 Å². The summed E-state index contributed by atoms with van der Waals surface area (Å²) in [5.74, 6) is -1.24. The average molecular weight is 560 g/mol. The van der Waals surface area contributed by atoms with E-state index in [0.29, 0.717) is 34.2 Å². The number of fused-ring (bicyclic) bond motifs is 1. The minimum absolute atomic E-state index is 0.137. The van der Waals surface area contributed by atoms with E-state index in [1.165, 1.54) is 21.7 Å². The number of amides is 3. The van der Waals surface area contributed by atoms with Crippen LogP contribution in [0.15, 0.2) is 16.3 Å². The van der Waals surface area contributed by atoms with Gasteiger partial charge in [0.05, 0.1) is 16.5 Å². The molecule has 3 amide bonds. The van der Waals surface area contributed by atoms with Crippen LogP contribution in [0.1, 0.15) is 53.4 Å². The molecule has 1 saturated heterocycles. The lowest BCUT2D eigenvalue weighted by Crippen LogP contribution is -2.41. The predicted octanol–water partition coefficient (Wildman–Crippen LogP) is 4.27. The van der Waals surface area contributed by atoms with Crippen molar-refractivity contribution in [3.63, 3.8) is 0 Å². The van der Waals surface area contributed by atoms with Crippen molar-refractivity contribution in [2.75, 3.05) is 25.0 Å². The molecule has 1 fully saturated rings. The van der Waals surface area contributed by atoms with E-state index in [4.69, 9.17) is 16.3 Å². The number of rotatable bonds is 6. The standard InChI is InChI=1S/C22H26ClN3O6S3/c1-2-32-22(29)25-20(28)18-14-5-3-4-6-15(14)33-21(18)24-19(27)13-9-11-26(12-10-13)35(30,31)17-8-7-16(23)34-17/h7-8,13H,2-6,9-12H2,1H3,(H,24,27)(H,25,28,29). The van der Waals surface area contributed by atoms with Crippen molar-refractivity contribution in [2.24, 2.45) is 5.92 Å². The number of halogens is 1. The molecule has 2 N–H and O–H groups in total. The number of aryl methyl sites for hydroxylation is 1. The number of thiophene rings is 2. The van der Waals surface area contributed by atoms with E-state index >= 15 is 0 Å². The highest BCUT2D eigenvalue weighted by atomic mass is 35.5. The van der Waals surface area contributed by atoms with Crippen LogP contribution < -0.4 is 10.6 Å². The van der Waals surface area contributed by atoms with Crippen LogP contribution in [0.3, 0.4) is 0 Å². The van der Waals surface area contributed by atoms with Gasteiger partial charge in [-0.25, -0.2) is 13.2 Å². The van der Waals surface area contributed by atoms with E-state index in [2.05, 4.69) is 10.6 Å². The van der Waals surface area contributed by atoms with Crippen LogP contribution in [0, 0.1) is 5.92 Å². The number of piperidine rings is 1. The molecule has 0 bridgehead atoms. The van der Waals surface area contributed by atoms with E-state index < -0.39 is 27.9 Å². The van der Waals surface area contributed by atoms with Gasteiger partial charge in [-0.2, -0.15) is 4.31 Å². The molecule has 0 radical (unpaired) electrons. The summed E-state index contributed by atoms with van der Waals surface area (Å²) < 4.78 is 32.5. The second kappa shape index (κ2) is 11.0. The Balaban J connectivity index is 1.45. The van der Waals surface area contributed by atoms with Crippen LogP contribution in [0.4, 0.5) is 9.80 Å². The van der Waals surface area contributed by atoms with Crippen molar-refractivity contribution in [3.8, 4) is 0 Å². The molecule has 0 unspecified atom stereocenters. The Morgan fingerprint density at radius 1 is 1.14 bits per heavy atom. The summed E-state index contributed by atoms with van der Waals surface area (Å²) in [5.41, 5.74) is 1.19. The van der Waals surface area contributed by atoms with E-state index in [9.17, 15) is 22.8 Å². The van der Waals surface area contributed by atoms with E-state index in [0.717, 1.165) is 41.0 Å². The number of ether oxygens (including phenoxy) is 1. The quantitative estimate of drug-likeness (QED) is 0.545. The minimum Gasteiger partial charge on any atom is -0.450 e. The van der Waals surface area contributed by atoms with Gasteiger partial charge in [-0.1, -0.05) is 11.6 Å². The SMILES string of the molecule is CCOC(=O)NC(=O)c1c(NC(=O)C2CCN(S(=O)(=O)c3ccc(Cl)s3)CC2)sc2c1CCCC2. The molecular weight excluding hydrogens is 534 g/mol. The summed E-state index contributed by atoms with van der Waals surface area (Å²) in [5, 5.41) is 5.56. The number of hydrogen-bond acceptors (Lipinski definition) is 8. The molecule has 2 aromatic heterocycles. The number of imide groups is 1. The first-order valence-electron chi connectivity index (χ1n) is 11.4. The molecule has 1 aliphatic heterocycles. The Morgan fingerprint density at radius 2 is 1.86 bits per heavy atom. The Labute approximate surface area is 216 Å². The summed E-state index contributed by atoms with van der Waals surface area (Å²) in [7, 11) is -3.64. The Bertz CT molecular complexity index is 1230. The van der Waals surface area contributed by atoms with Gasteiger partial charge in [-0.05, 0) is 63.1 Å². The minimum atomic E-state index is -3.64. The van der Waals surface area contributed by atoms with Gasteiger partial charge >= 0.3 is 6.09 Å². The summed E-state index contributed by atoms with van der Waals surface area (Å²) in [6.07, 6.45) is 3.35. The molecule has 2 aromatic rings. The van der Waals surface area contributed by atoms with Crippen molar-refractivity contribution in [1.82, 2.24) is 9.62 Å². The smallest absolute Gasteiger partial charge is 0.414 e. The zero-order valence-corrected chi connectivity index (χ0v) is 22.3. The molecule has 0 saturated carbocycles. The third-order valence-electron chi connectivity index (χ3n) is 6.09. The van der Waals surface area contributed by atoms with Crippen molar-refractivity contribution in [2.45, 2.75) is 49.7 Å². The second-order valence-electron chi connectivity index (χ2n) is 8.32. The van der Waals surface area contributed by atoms with Crippen LogP contribution in [-0.2, 0) is 32.4 Å². The number of nitrogens with zero attached hydrogens (tertiary/aromatic N) is 1. The molecule has 1 aliphatic carbocycles. The number of anilines is 1. The van der Waals surface area contributed by atoms with Gasteiger partial charge < -0.3 is 10.1 Å². The van der Waals surface area contributed by atoms with Gasteiger partial charge in [-0.15, -0.1) is 22.7 Å². The second-order valence-corrected chi connectivity index (χ2v) is 13.3. The fraction of sp³-hybridized carbons (Fsp3) is 0.500. The topological polar surface area (TPSA) is 122 Å². The maximum Gasteiger partial charge on any atom is 0.414 e. The lowest BCUT2D eigenvalue weighted by molar-refractivity contribution is -0.120. The normalized spacial score (nSPS) is 17.0. The van der Waals surface area contributed by atoms with Gasteiger partial charge in [-0.3, -0.25) is 14.9 Å². The van der Waals surface area contributed by atoms with Gasteiger partial charge in [0.25, 0.3) is 15.9 Å². The Hall–Kier alpha value is -1.99. The van der Waals surface area contributed by atoms with Gasteiger partial charge in [0, 0.05) is 23.9 Å². The number of nitrogens with one attached hydrogen (secondary N) is 2. The summed E-state index contributed by atoms with van der Waals surface area (Å²) in [6, 6.07) is 3.04. The zero-order chi connectivity index (χ0) is 25.2. The molecule has 13 heteroatoms. The largest absolute Gasteiger partial charge is 0.450 e. The van der Waals surface area contributed by atoms with Gasteiger partial charge in [0.2, 0.25) is 5.91 Å². The Morgan fingerprint density at radius 3 is 2.51 bits per heavy atom. The zero-order valence-electron chi connectivity index (χ0n) is 19.1. The molecule has 0 aromatic carbocycles. The fourth-order valence-corrected chi connectivity index (χ4v) is 8.75. The molecule has 0 spiro atoms. The molecule has 4 rings (SSSR count). The molecule has 190 valence electrons. The number of carbonyl (C=O) groups excluding carboxylic acids is 3. The molecule has 3 heterocycles. The van der Waals surface area contributed by atoms with Gasteiger partial charge in [0.1, 0.15) is 9.21 Å². The predicted molar refractivity (Wildman–Crippen MR) is 135 cm³/mol. The van der Waals surface area contributed by atoms with Crippen molar-refractivity contribution in [3.05, 3.63) is 32.5 Å². The highest BCUT2D eigenvalue weighted by Crippen LogP contribution is 2.39. The first kappa shape index (κ1) is 26.1. The van der Waals surface area contributed by atoms with E-state index in [1.54, 1.807) is 13.0 Å². The van der Waals surface area contributed by atoms with E-state index in [-0.39, 0.29) is 29.8 Å². The van der Waals surface area contributed by atoms with Crippen LogP contribution >= 0.6 is 34.3 Å². The van der Waals surface area contributed by atoms with Crippen LogP contribution in [0.2, 0.25) is 4.34 Å². The lowest BCUT2D eigenvalue weighted by Gasteiger charge is -2.30. The molecule has 0 atom stereocenters. The first-order valence-corrected chi connectivity index (χ1v) is 14.8. The average Bonchev–Trinajstić information content (AvgIpc) is 3.43. The highest BCUT2D eigenvalue weighted by Gasteiger charge is 2.34. The van der Waals surface area contributed by atoms with Crippen molar-refractivity contribution >= 4 is 67.2 Å². The summed E-state index contributed by atoms with van der Waals surface area (Å²) in [4.78, 5) is 38.8. The lowest BCUT2D eigenvalue weighted by atomic mass is 9.94. The highest BCUT2D eigenvalue weighted by molar-refractivity contribution is 7.91. The van der Waals surface area contributed by atoms with E-state index in [1.807, 2.05) is 0 Å². The fourth-order valence-electron chi connectivity index (χ4n) is 4.35. The maximum atomic E-state index is 13.1. The van der Waals surface area contributed by atoms with Crippen LogP contribution in [-0.4, -0.2) is 50.3 Å². The van der Waals surface area contributed by atoms with Crippen LogP contribution in [0.5, 0.6) is 0 Å². The third-order valence-corrected chi connectivity index (χ3v) is 10.9. The molecule has 2 aliphatic rings. The number of sulfonamides is 1. The van der Waals surface area contributed by atoms with Gasteiger partial charge in [0.15, 0.2) is 0 Å². The molecule has 35 heavy (non-hydrogen) atoms. The first-order chi connectivity index (χ1) is 16.7. The monoisotopic (exact) mass is 559 g/mol. The van der Waals surface area contributed by atoms with Crippen molar-refractivity contribution < 1.29 is 27.5 Å². The summed E-state index contributed by atoms with van der Waals surface area (Å²) in [6.45, 7) is 2.22. The number of carbonyl (C=O) groups is 3. The Kier molecular flexibility index (Phi) is 8.16. The number of alkyl carbamates (subject to hydrolysis) is 1. The van der Waals surface area contributed by atoms with Crippen molar-refractivity contribution in [1.29, 1.82) is 0 Å². The number of hydrogen-bond donors (Lipinski definition) is 2.